The fourth-order valence-electron chi connectivity index (χ4n) is 1.44. The number of sulfonamides is 1. The van der Waals surface area contributed by atoms with E-state index >= 15 is 0 Å². The number of nitrogens with zero attached hydrogens (tertiary/aromatic N) is 1. The fraction of sp³-hybridized carbons (Fsp3) is 0.100. The van der Waals surface area contributed by atoms with Crippen molar-refractivity contribution in [3.8, 4) is 0 Å². The van der Waals surface area contributed by atoms with Crippen LogP contribution in [0.4, 0.5) is 15.9 Å². The Kier molecular flexibility index (Phi) is 2.95. The number of hydrogen-bond donors (Lipinski definition) is 3. The summed E-state index contributed by atoms with van der Waals surface area (Å²) < 4.78 is 39.8. The first-order chi connectivity index (χ1) is 8.42. The van der Waals surface area contributed by atoms with Crippen LogP contribution >= 0.6 is 0 Å². The van der Waals surface area contributed by atoms with Crippen molar-refractivity contribution in [1.82, 2.24) is 10.2 Å². The molecule has 1 heterocycles. The van der Waals surface area contributed by atoms with Crippen LogP contribution in [0.5, 0.6) is 0 Å². The summed E-state index contributed by atoms with van der Waals surface area (Å²) in [4.78, 5) is -0.570. The first-order valence-electron chi connectivity index (χ1n) is 4.98. The molecule has 2 aromatic rings. The van der Waals surface area contributed by atoms with Gasteiger partial charge in [-0.15, -0.1) is 0 Å². The molecule has 1 aromatic carbocycles. The maximum Gasteiger partial charge on any atom is 0.268 e. The topological polar surface area (TPSA) is 101 Å². The average molecular weight is 270 g/mol. The van der Waals surface area contributed by atoms with Gasteiger partial charge in [-0.3, -0.25) is 9.82 Å². The second kappa shape index (κ2) is 4.30. The molecule has 0 unspecified atom stereocenters. The minimum Gasteiger partial charge on any atom is -0.398 e. The number of halogens is 1. The van der Waals surface area contributed by atoms with Crippen molar-refractivity contribution in [2.24, 2.45) is 0 Å². The summed E-state index contributed by atoms with van der Waals surface area (Å²) in [6.45, 7) is 1.66. The number of nitrogens with one attached hydrogen (secondary N) is 2. The lowest BCUT2D eigenvalue weighted by Crippen LogP contribution is -2.17. The van der Waals surface area contributed by atoms with E-state index in [4.69, 9.17) is 5.73 Å². The SMILES string of the molecule is Cc1cn[nH]c1NS(=O)(=O)c1c(N)cccc1F. The van der Waals surface area contributed by atoms with E-state index in [1.807, 2.05) is 0 Å². The predicted molar refractivity (Wildman–Crippen MR) is 64.9 cm³/mol. The third-order valence-corrected chi connectivity index (χ3v) is 3.77. The number of aryl methyl sites for hydroxylation is 1. The molecule has 0 saturated carbocycles. The summed E-state index contributed by atoms with van der Waals surface area (Å²) >= 11 is 0. The van der Waals surface area contributed by atoms with E-state index < -0.39 is 20.7 Å². The van der Waals surface area contributed by atoms with E-state index in [1.165, 1.54) is 18.3 Å². The van der Waals surface area contributed by atoms with Crippen LogP contribution in [0.3, 0.4) is 0 Å². The lowest BCUT2D eigenvalue weighted by atomic mass is 10.3. The van der Waals surface area contributed by atoms with Gasteiger partial charge in [0.2, 0.25) is 0 Å². The van der Waals surface area contributed by atoms with Crippen molar-refractivity contribution < 1.29 is 12.8 Å². The van der Waals surface area contributed by atoms with Crippen LogP contribution in [-0.2, 0) is 10.0 Å². The van der Waals surface area contributed by atoms with Gasteiger partial charge in [-0.05, 0) is 19.1 Å². The van der Waals surface area contributed by atoms with Crippen molar-refractivity contribution in [3.05, 3.63) is 35.8 Å². The molecule has 0 atom stereocenters. The summed E-state index contributed by atoms with van der Waals surface area (Å²) in [5.41, 5.74) is 5.93. The molecule has 18 heavy (non-hydrogen) atoms. The van der Waals surface area contributed by atoms with Gasteiger partial charge in [0.05, 0.1) is 11.9 Å². The van der Waals surface area contributed by atoms with E-state index in [0.29, 0.717) is 5.56 Å². The molecule has 4 N–H and O–H groups in total. The van der Waals surface area contributed by atoms with Gasteiger partial charge in [-0.1, -0.05) is 6.07 Å². The third kappa shape index (κ3) is 2.14. The van der Waals surface area contributed by atoms with Crippen LogP contribution in [0, 0.1) is 12.7 Å². The number of rotatable bonds is 3. The number of aromatic nitrogens is 2. The Hall–Kier alpha value is -2.09. The van der Waals surface area contributed by atoms with Gasteiger partial charge in [0, 0.05) is 5.56 Å². The van der Waals surface area contributed by atoms with Gasteiger partial charge in [0.25, 0.3) is 10.0 Å². The Bertz CT molecular complexity index is 661. The third-order valence-electron chi connectivity index (χ3n) is 2.33. The first-order valence-corrected chi connectivity index (χ1v) is 6.47. The Morgan fingerprint density at radius 3 is 2.72 bits per heavy atom. The molecule has 0 spiro atoms. The number of hydrogen-bond acceptors (Lipinski definition) is 4. The van der Waals surface area contributed by atoms with E-state index in [1.54, 1.807) is 6.92 Å². The Morgan fingerprint density at radius 2 is 2.17 bits per heavy atom. The number of anilines is 2. The molecular formula is C10H11FN4O2S. The highest BCUT2D eigenvalue weighted by atomic mass is 32.2. The van der Waals surface area contributed by atoms with Crippen LogP contribution in [0.2, 0.25) is 0 Å². The molecule has 0 saturated heterocycles. The van der Waals surface area contributed by atoms with E-state index in [9.17, 15) is 12.8 Å². The largest absolute Gasteiger partial charge is 0.398 e. The molecule has 0 amide bonds. The van der Waals surface area contributed by atoms with Gasteiger partial charge >= 0.3 is 0 Å². The predicted octanol–water partition coefficient (Wildman–Crippen LogP) is 1.24. The zero-order valence-electron chi connectivity index (χ0n) is 9.44. The van der Waals surface area contributed by atoms with Crippen molar-refractivity contribution in [1.29, 1.82) is 0 Å². The highest BCUT2D eigenvalue weighted by molar-refractivity contribution is 7.92. The molecule has 96 valence electrons. The second-order valence-corrected chi connectivity index (χ2v) is 5.31. The molecule has 0 aliphatic rings. The Balaban J connectivity index is 2.47. The molecule has 0 aliphatic heterocycles. The summed E-state index contributed by atoms with van der Waals surface area (Å²) in [6, 6.07) is 3.69. The number of nitrogen functional groups attached to an aromatic ring is 1. The van der Waals surface area contributed by atoms with Crippen LogP contribution in [0.15, 0.2) is 29.3 Å². The quantitative estimate of drug-likeness (QED) is 0.730. The minimum absolute atomic E-state index is 0.153. The highest BCUT2D eigenvalue weighted by Crippen LogP contribution is 2.24. The summed E-state index contributed by atoms with van der Waals surface area (Å²) in [6.07, 6.45) is 1.45. The van der Waals surface area contributed by atoms with Gasteiger partial charge < -0.3 is 5.73 Å². The van der Waals surface area contributed by atoms with Crippen LogP contribution in [0.25, 0.3) is 0 Å². The number of H-pyrrole nitrogens is 1. The normalized spacial score (nSPS) is 11.4. The standard InChI is InChI=1S/C10H11FN4O2S/c1-6-5-13-14-10(6)15-18(16,17)9-7(11)3-2-4-8(9)12/h2-5H,12H2,1H3,(H2,13,14,15). The smallest absolute Gasteiger partial charge is 0.268 e. The molecule has 0 fully saturated rings. The lowest BCUT2D eigenvalue weighted by molar-refractivity contribution is 0.571. The lowest BCUT2D eigenvalue weighted by Gasteiger charge is -2.09. The van der Waals surface area contributed by atoms with Crippen LogP contribution in [0.1, 0.15) is 5.56 Å². The monoisotopic (exact) mass is 270 g/mol. The van der Waals surface area contributed by atoms with Gasteiger partial charge in [0.15, 0.2) is 0 Å². The van der Waals surface area contributed by atoms with E-state index in [2.05, 4.69) is 14.9 Å². The van der Waals surface area contributed by atoms with Gasteiger partial charge in [0.1, 0.15) is 16.5 Å². The Morgan fingerprint density at radius 1 is 1.44 bits per heavy atom. The van der Waals surface area contributed by atoms with Gasteiger partial charge in [-0.2, -0.15) is 5.10 Å². The minimum atomic E-state index is -4.09. The van der Waals surface area contributed by atoms with Crippen molar-refractivity contribution >= 4 is 21.5 Å². The maximum atomic E-state index is 13.6. The van der Waals surface area contributed by atoms with E-state index in [-0.39, 0.29) is 11.5 Å². The number of nitrogens with two attached hydrogens (primary N) is 1. The number of benzene rings is 1. The van der Waals surface area contributed by atoms with Crippen molar-refractivity contribution in [2.75, 3.05) is 10.5 Å². The molecule has 0 aliphatic carbocycles. The molecule has 0 radical (unpaired) electrons. The highest BCUT2D eigenvalue weighted by Gasteiger charge is 2.23. The average Bonchev–Trinajstić information content (AvgIpc) is 2.63. The summed E-state index contributed by atoms with van der Waals surface area (Å²) in [5, 5.41) is 6.13. The molecule has 2 rings (SSSR count). The van der Waals surface area contributed by atoms with Crippen molar-refractivity contribution in [3.63, 3.8) is 0 Å². The van der Waals surface area contributed by atoms with Crippen LogP contribution in [-0.4, -0.2) is 18.6 Å². The van der Waals surface area contributed by atoms with E-state index in [0.717, 1.165) is 6.07 Å². The fourth-order valence-corrected chi connectivity index (χ4v) is 2.72. The second-order valence-electron chi connectivity index (χ2n) is 3.69. The molecule has 6 nitrogen and oxygen atoms in total. The van der Waals surface area contributed by atoms with Crippen molar-refractivity contribution in [2.45, 2.75) is 11.8 Å². The molecule has 0 bridgehead atoms. The molecule has 8 heteroatoms. The summed E-state index contributed by atoms with van der Waals surface area (Å²) in [7, 11) is -4.09. The van der Waals surface area contributed by atoms with Crippen LogP contribution < -0.4 is 10.5 Å². The Labute approximate surface area is 103 Å². The number of aromatic amines is 1. The summed E-state index contributed by atoms with van der Waals surface area (Å²) in [5.74, 6) is -0.725. The molecular weight excluding hydrogens is 259 g/mol. The molecule has 1 aromatic heterocycles. The first kappa shape index (κ1) is 12.4. The maximum absolute atomic E-state index is 13.6. The zero-order chi connectivity index (χ0) is 13.3. The zero-order valence-corrected chi connectivity index (χ0v) is 10.3. The van der Waals surface area contributed by atoms with Gasteiger partial charge in [-0.25, -0.2) is 12.8 Å².